The minimum Gasteiger partial charge on any atom is -0.478 e. The standard InChI is InChI=1S/C24H30F2O6/c1-5-19(29)32-24(20(30)31)12(2)8-14-15-10-17(25)16-9-13(27)6-7-21(16,3)23(15,26)18(28)11-22(14,24)4/h6-7,9,12,14-15,17-18,28H,5,8,10-11H2,1-4H3,(H,30,31)/t12-,14+,15+,17+,18+,21+,22+,23+,24?/m1/s1/i1D3. The van der Waals surface area contributed by atoms with Crippen LogP contribution in [0.15, 0.2) is 23.8 Å². The molecule has 0 aromatic rings. The molecule has 0 amide bonds. The van der Waals surface area contributed by atoms with Gasteiger partial charge in [0.25, 0.3) is 0 Å². The molecule has 0 heterocycles. The van der Waals surface area contributed by atoms with Crippen molar-refractivity contribution in [2.75, 3.05) is 0 Å². The maximum atomic E-state index is 17.2. The second-order valence-corrected chi connectivity index (χ2v) is 10.2. The van der Waals surface area contributed by atoms with Gasteiger partial charge in [-0.1, -0.05) is 26.8 Å². The van der Waals surface area contributed by atoms with Crippen molar-refractivity contribution < 1.29 is 42.2 Å². The van der Waals surface area contributed by atoms with E-state index in [1.165, 1.54) is 26.8 Å². The summed E-state index contributed by atoms with van der Waals surface area (Å²) in [4.78, 5) is 37.2. The molecule has 3 fully saturated rings. The number of aliphatic hydroxyl groups excluding tert-OH is 1. The van der Waals surface area contributed by atoms with Crippen molar-refractivity contribution in [1.29, 1.82) is 0 Å². The Hall–Kier alpha value is -2.09. The van der Waals surface area contributed by atoms with Crippen LogP contribution in [0.4, 0.5) is 8.78 Å². The number of carboxylic acid groups (broad SMARTS) is 1. The van der Waals surface area contributed by atoms with Crippen LogP contribution in [0.1, 0.15) is 57.4 Å². The van der Waals surface area contributed by atoms with Gasteiger partial charge in [-0.25, -0.2) is 13.6 Å². The van der Waals surface area contributed by atoms with Gasteiger partial charge in [0.2, 0.25) is 5.60 Å². The summed E-state index contributed by atoms with van der Waals surface area (Å²) < 4.78 is 60.1. The summed E-state index contributed by atoms with van der Waals surface area (Å²) in [6, 6.07) is 0. The molecule has 1 unspecified atom stereocenters. The van der Waals surface area contributed by atoms with Crippen LogP contribution in [0, 0.1) is 28.6 Å². The maximum absolute atomic E-state index is 17.2. The Labute approximate surface area is 189 Å². The van der Waals surface area contributed by atoms with Gasteiger partial charge in [-0.15, -0.1) is 0 Å². The monoisotopic (exact) mass is 455 g/mol. The van der Waals surface area contributed by atoms with Crippen molar-refractivity contribution in [3.63, 3.8) is 0 Å². The fraction of sp³-hybridized carbons (Fsp3) is 0.708. The largest absolute Gasteiger partial charge is 0.478 e. The minimum absolute atomic E-state index is 0.0500. The lowest BCUT2D eigenvalue weighted by atomic mass is 9.44. The second kappa shape index (κ2) is 6.95. The SMILES string of the molecule is [2H]C([2H])([2H])CC(=O)OC1(C(=O)O)[C@H](C)C[C@H]2[C@@H]3C[C@H](F)C4=CC(=O)C=C[C@]4(C)[C@@]3(F)[C@@H](O)C[C@@]21C. The number of alkyl halides is 2. The number of ether oxygens (including phenoxy) is 1. The first kappa shape index (κ1) is 19.4. The number of hydrogen-bond acceptors (Lipinski definition) is 5. The first-order valence-electron chi connectivity index (χ1n) is 12.4. The van der Waals surface area contributed by atoms with Crippen LogP contribution in [-0.4, -0.2) is 51.5 Å². The molecule has 4 rings (SSSR count). The molecule has 3 saturated carbocycles. The van der Waals surface area contributed by atoms with E-state index in [1.54, 1.807) is 0 Å². The van der Waals surface area contributed by atoms with E-state index < -0.39 is 89.5 Å². The fourth-order valence-electron chi connectivity index (χ4n) is 7.46. The quantitative estimate of drug-likeness (QED) is 0.633. The van der Waals surface area contributed by atoms with Gasteiger partial charge in [-0.3, -0.25) is 9.59 Å². The summed E-state index contributed by atoms with van der Waals surface area (Å²) in [5.41, 5.74) is -7.82. The molecule has 0 aromatic carbocycles. The topological polar surface area (TPSA) is 101 Å². The minimum atomic E-state index is -2.69. The Kier molecular flexibility index (Phi) is 4.21. The van der Waals surface area contributed by atoms with E-state index in [-0.39, 0.29) is 18.4 Å². The summed E-state index contributed by atoms with van der Waals surface area (Å²) >= 11 is 0. The van der Waals surface area contributed by atoms with Gasteiger partial charge >= 0.3 is 11.9 Å². The van der Waals surface area contributed by atoms with Gasteiger partial charge in [0.05, 0.1) is 6.10 Å². The molecule has 6 nitrogen and oxygen atoms in total. The van der Waals surface area contributed by atoms with E-state index in [0.29, 0.717) is 0 Å². The number of halogens is 2. The van der Waals surface area contributed by atoms with Crippen LogP contribution in [0.5, 0.6) is 0 Å². The molecule has 0 aliphatic heterocycles. The van der Waals surface area contributed by atoms with Crippen LogP contribution < -0.4 is 0 Å². The zero-order valence-electron chi connectivity index (χ0n) is 21.2. The number of carbonyl (C=O) groups excluding carboxylic acids is 2. The average Bonchev–Trinajstić information content (AvgIpc) is 2.92. The Morgan fingerprint density at radius 1 is 1.31 bits per heavy atom. The molecule has 0 spiro atoms. The predicted octanol–water partition coefficient (Wildman–Crippen LogP) is 3.33. The summed E-state index contributed by atoms with van der Waals surface area (Å²) in [6.45, 7) is 1.76. The number of hydrogen-bond donors (Lipinski definition) is 2. The van der Waals surface area contributed by atoms with Crippen molar-refractivity contribution in [1.82, 2.24) is 0 Å². The number of fused-ring (bicyclic) bond motifs is 5. The Morgan fingerprint density at radius 2 is 2.00 bits per heavy atom. The van der Waals surface area contributed by atoms with E-state index >= 15 is 8.78 Å². The van der Waals surface area contributed by atoms with Crippen LogP contribution >= 0.6 is 0 Å². The third-order valence-electron chi connectivity index (χ3n) is 8.91. The molecule has 4 aliphatic rings. The highest BCUT2D eigenvalue weighted by atomic mass is 19.1. The lowest BCUT2D eigenvalue weighted by Crippen LogP contribution is -2.71. The number of carboxylic acids is 1. The number of ketones is 1. The Bertz CT molecular complexity index is 1040. The lowest BCUT2D eigenvalue weighted by molar-refractivity contribution is -0.237. The van der Waals surface area contributed by atoms with E-state index in [9.17, 15) is 24.6 Å². The number of rotatable bonds is 3. The van der Waals surface area contributed by atoms with Crippen LogP contribution in [-0.2, 0) is 19.1 Å². The average molecular weight is 456 g/mol. The van der Waals surface area contributed by atoms with E-state index in [0.717, 1.165) is 12.2 Å². The van der Waals surface area contributed by atoms with Crippen LogP contribution in [0.2, 0.25) is 0 Å². The zero-order chi connectivity index (χ0) is 26.4. The lowest BCUT2D eigenvalue weighted by Gasteiger charge is -2.62. The normalized spacial score (nSPS) is 51.3. The van der Waals surface area contributed by atoms with Crippen molar-refractivity contribution in [3.8, 4) is 0 Å². The number of carbonyl (C=O) groups is 3. The molecule has 32 heavy (non-hydrogen) atoms. The van der Waals surface area contributed by atoms with E-state index in [1.807, 2.05) is 0 Å². The summed E-state index contributed by atoms with van der Waals surface area (Å²) in [5.74, 6) is -6.03. The first-order chi connectivity index (χ1) is 15.9. The molecular weight excluding hydrogens is 422 g/mol. The zero-order valence-corrected chi connectivity index (χ0v) is 18.2. The first-order valence-corrected chi connectivity index (χ1v) is 10.9. The van der Waals surface area contributed by atoms with Crippen molar-refractivity contribution in [3.05, 3.63) is 23.8 Å². The Balaban J connectivity index is 1.82. The smallest absolute Gasteiger partial charge is 0.349 e. The highest BCUT2D eigenvalue weighted by Gasteiger charge is 2.78. The van der Waals surface area contributed by atoms with Gasteiger partial charge < -0.3 is 14.9 Å². The molecule has 0 radical (unpaired) electrons. The molecule has 9 atom stereocenters. The third-order valence-corrected chi connectivity index (χ3v) is 8.91. The third kappa shape index (κ3) is 2.50. The second-order valence-electron chi connectivity index (χ2n) is 10.2. The number of esters is 1. The number of aliphatic hydroxyl groups is 1. The van der Waals surface area contributed by atoms with Gasteiger partial charge in [0.15, 0.2) is 11.5 Å². The highest BCUT2D eigenvalue weighted by Crippen LogP contribution is 2.71. The summed E-state index contributed by atoms with van der Waals surface area (Å²) in [5, 5.41) is 21.6. The number of allylic oxidation sites excluding steroid dienone is 4. The number of aliphatic carboxylic acids is 1. The molecule has 4 aliphatic carbocycles. The van der Waals surface area contributed by atoms with E-state index in [4.69, 9.17) is 8.85 Å². The highest BCUT2D eigenvalue weighted by molar-refractivity contribution is 6.01. The maximum Gasteiger partial charge on any atom is 0.349 e. The fourth-order valence-corrected chi connectivity index (χ4v) is 7.46. The molecule has 0 aromatic heterocycles. The predicted molar refractivity (Wildman–Crippen MR) is 110 cm³/mol. The van der Waals surface area contributed by atoms with Gasteiger partial charge in [0, 0.05) is 33.2 Å². The summed E-state index contributed by atoms with van der Waals surface area (Å²) in [6.07, 6.45) is -1.68. The van der Waals surface area contributed by atoms with Crippen molar-refractivity contribution >= 4 is 17.7 Å². The van der Waals surface area contributed by atoms with Crippen molar-refractivity contribution in [2.45, 2.75) is 76.9 Å². The van der Waals surface area contributed by atoms with Crippen LogP contribution in [0.3, 0.4) is 0 Å². The van der Waals surface area contributed by atoms with Gasteiger partial charge in [0.1, 0.15) is 6.17 Å². The summed E-state index contributed by atoms with van der Waals surface area (Å²) in [7, 11) is 0. The van der Waals surface area contributed by atoms with Gasteiger partial charge in [-0.05, 0) is 49.8 Å². The van der Waals surface area contributed by atoms with Gasteiger partial charge in [-0.2, -0.15) is 0 Å². The van der Waals surface area contributed by atoms with Crippen molar-refractivity contribution in [2.24, 2.45) is 28.6 Å². The van der Waals surface area contributed by atoms with Crippen LogP contribution in [0.25, 0.3) is 0 Å². The molecular formula is C24H30F2O6. The molecule has 0 saturated heterocycles. The molecule has 8 heteroatoms. The van der Waals surface area contributed by atoms with E-state index in [2.05, 4.69) is 0 Å². The molecule has 2 N–H and O–H groups in total. The molecule has 176 valence electrons. The molecule has 0 bridgehead atoms. The Morgan fingerprint density at radius 3 is 2.62 bits per heavy atom.